The second-order valence-electron chi connectivity index (χ2n) is 2.62. The molecule has 5 heteroatoms. The van der Waals surface area contributed by atoms with Crippen LogP contribution >= 0.6 is 7.60 Å². The summed E-state index contributed by atoms with van der Waals surface area (Å²) in [5.41, 5.74) is 0. The zero-order chi connectivity index (χ0) is 9.31. The first-order valence-corrected chi connectivity index (χ1v) is 5.41. The highest BCUT2D eigenvalue weighted by atomic mass is 31.2. The van der Waals surface area contributed by atoms with Crippen molar-refractivity contribution in [1.82, 2.24) is 0 Å². The van der Waals surface area contributed by atoms with Crippen LogP contribution in [0.3, 0.4) is 0 Å². The maximum atomic E-state index is 13.2. The molecule has 0 aromatic heterocycles. The van der Waals surface area contributed by atoms with E-state index in [-0.39, 0.29) is 18.5 Å². The summed E-state index contributed by atoms with van der Waals surface area (Å²) in [5.74, 6) is -0.548. The molecular formula is C8H8FO3P. The van der Waals surface area contributed by atoms with Crippen molar-refractivity contribution in [3.05, 3.63) is 30.1 Å². The van der Waals surface area contributed by atoms with Crippen LogP contribution in [0.4, 0.5) is 4.39 Å². The van der Waals surface area contributed by atoms with E-state index in [0.717, 1.165) is 0 Å². The molecule has 1 aliphatic rings. The van der Waals surface area contributed by atoms with Gasteiger partial charge in [-0.2, -0.15) is 0 Å². The summed E-state index contributed by atoms with van der Waals surface area (Å²) in [5, 5.41) is 0.0208. The average Bonchev–Trinajstić information content (AvgIpc) is 2.54. The average molecular weight is 202 g/mol. The molecule has 0 bridgehead atoms. The molecule has 0 saturated carbocycles. The van der Waals surface area contributed by atoms with Gasteiger partial charge in [0.25, 0.3) is 0 Å². The van der Waals surface area contributed by atoms with Gasteiger partial charge in [0.2, 0.25) is 0 Å². The minimum atomic E-state index is -3.34. The first-order chi connectivity index (χ1) is 6.22. The summed E-state index contributed by atoms with van der Waals surface area (Å²) >= 11 is 0. The Labute approximate surface area is 75.0 Å². The number of halogens is 1. The van der Waals surface area contributed by atoms with Crippen molar-refractivity contribution in [2.45, 2.75) is 0 Å². The fourth-order valence-electron chi connectivity index (χ4n) is 1.17. The molecule has 0 radical (unpaired) electrons. The van der Waals surface area contributed by atoms with Crippen LogP contribution in [-0.4, -0.2) is 13.2 Å². The van der Waals surface area contributed by atoms with E-state index >= 15 is 0 Å². The Morgan fingerprint density at radius 3 is 2.46 bits per heavy atom. The molecule has 0 spiro atoms. The first-order valence-electron chi connectivity index (χ1n) is 3.87. The van der Waals surface area contributed by atoms with Gasteiger partial charge in [0, 0.05) is 0 Å². The third kappa shape index (κ3) is 1.53. The fourth-order valence-corrected chi connectivity index (χ4v) is 2.75. The van der Waals surface area contributed by atoms with Gasteiger partial charge < -0.3 is 9.05 Å². The smallest absolute Gasteiger partial charge is 0.303 e. The predicted molar refractivity (Wildman–Crippen MR) is 45.5 cm³/mol. The maximum Gasteiger partial charge on any atom is 0.364 e. The van der Waals surface area contributed by atoms with Crippen LogP contribution in [0, 0.1) is 5.82 Å². The van der Waals surface area contributed by atoms with E-state index in [9.17, 15) is 8.96 Å². The van der Waals surface area contributed by atoms with E-state index in [1.807, 2.05) is 0 Å². The molecule has 1 aromatic rings. The fraction of sp³-hybridized carbons (Fsp3) is 0.250. The zero-order valence-corrected chi connectivity index (χ0v) is 7.67. The van der Waals surface area contributed by atoms with Gasteiger partial charge >= 0.3 is 7.60 Å². The van der Waals surface area contributed by atoms with Gasteiger partial charge in [0.1, 0.15) is 5.82 Å². The van der Waals surface area contributed by atoms with E-state index in [1.54, 1.807) is 6.07 Å². The summed E-state index contributed by atoms with van der Waals surface area (Å²) < 4.78 is 34.7. The third-order valence-electron chi connectivity index (χ3n) is 1.75. The highest BCUT2D eigenvalue weighted by Crippen LogP contribution is 2.50. The highest BCUT2D eigenvalue weighted by molar-refractivity contribution is 7.62. The van der Waals surface area contributed by atoms with Crippen LogP contribution in [0.1, 0.15) is 0 Å². The normalized spacial score (nSPS) is 20.4. The molecule has 1 aromatic carbocycles. The lowest BCUT2D eigenvalue weighted by Crippen LogP contribution is -2.09. The molecule has 0 unspecified atom stereocenters. The minimum absolute atomic E-state index is 0.0208. The van der Waals surface area contributed by atoms with Crippen LogP contribution in [0.15, 0.2) is 24.3 Å². The summed E-state index contributed by atoms with van der Waals surface area (Å²) in [4.78, 5) is 0. The largest absolute Gasteiger partial charge is 0.364 e. The van der Waals surface area contributed by atoms with E-state index < -0.39 is 13.4 Å². The zero-order valence-electron chi connectivity index (χ0n) is 6.77. The molecule has 13 heavy (non-hydrogen) atoms. The van der Waals surface area contributed by atoms with Crippen molar-refractivity contribution in [3.63, 3.8) is 0 Å². The lowest BCUT2D eigenvalue weighted by atomic mass is 10.3. The van der Waals surface area contributed by atoms with Gasteiger partial charge in [0.05, 0.1) is 18.5 Å². The molecule has 3 nitrogen and oxygen atoms in total. The lowest BCUT2D eigenvalue weighted by Gasteiger charge is -2.09. The van der Waals surface area contributed by atoms with E-state index in [0.29, 0.717) is 0 Å². The van der Waals surface area contributed by atoms with Gasteiger partial charge in [-0.1, -0.05) is 12.1 Å². The molecular weight excluding hydrogens is 194 g/mol. The van der Waals surface area contributed by atoms with Crippen LogP contribution < -0.4 is 5.30 Å². The van der Waals surface area contributed by atoms with E-state index in [2.05, 4.69) is 0 Å². The maximum absolute atomic E-state index is 13.2. The number of hydrogen-bond acceptors (Lipinski definition) is 3. The van der Waals surface area contributed by atoms with E-state index in [1.165, 1.54) is 18.2 Å². The predicted octanol–water partition coefficient (Wildman–Crippen LogP) is 1.69. The summed E-state index contributed by atoms with van der Waals surface area (Å²) in [6.07, 6.45) is 0. The number of benzene rings is 1. The third-order valence-corrected chi connectivity index (χ3v) is 3.75. The molecule has 0 atom stereocenters. The summed E-state index contributed by atoms with van der Waals surface area (Å²) in [6.45, 7) is 0.511. The molecule has 70 valence electrons. The highest BCUT2D eigenvalue weighted by Gasteiger charge is 2.34. The standard InChI is InChI=1S/C8H8FO3P/c9-7-3-1-2-4-8(7)13(10)11-5-6-12-13/h1-4H,5-6H2. The molecule has 0 N–H and O–H groups in total. The summed E-state index contributed by atoms with van der Waals surface area (Å²) in [7, 11) is -3.34. The van der Waals surface area contributed by atoms with Crippen LogP contribution in [0.2, 0.25) is 0 Å². The molecule has 0 amide bonds. The minimum Gasteiger partial charge on any atom is -0.303 e. The van der Waals surface area contributed by atoms with Gasteiger partial charge in [-0.15, -0.1) is 0 Å². The Morgan fingerprint density at radius 1 is 1.23 bits per heavy atom. The van der Waals surface area contributed by atoms with Crippen LogP contribution in [0.25, 0.3) is 0 Å². The summed E-state index contributed by atoms with van der Waals surface area (Å²) in [6, 6.07) is 5.78. The second-order valence-corrected chi connectivity index (χ2v) is 4.61. The van der Waals surface area contributed by atoms with Crippen molar-refractivity contribution < 1.29 is 18.0 Å². The Bertz CT molecular complexity index is 356. The Morgan fingerprint density at radius 2 is 1.85 bits per heavy atom. The number of rotatable bonds is 1. The SMILES string of the molecule is O=P1(c2ccccc2F)OCCO1. The molecule has 1 aliphatic heterocycles. The van der Waals surface area contributed by atoms with Crippen LogP contribution in [-0.2, 0) is 13.6 Å². The van der Waals surface area contributed by atoms with Gasteiger partial charge in [-0.05, 0) is 12.1 Å². The van der Waals surface area contributed by atoms with Gasteiger partial charge in [-0.25, -0.2) is 4.39 Å². The van der Waals surface area contributed by atoms with Crippen molar-refractivity contribution in [2.24, 2.45) is 0 Å². The second kappa shape index (κ2) is 3.22. The molecule has 1 fully saturated rings. The quantitative estimate of drug-likeness (QED) is 0.650. The monoisotopic (exact) mass is 202 g/mol. The molecule has 2 rings (SSSR count). The Balaban J connectivity index is 2.45. The molecule has 1 heterocycles. The lowest BCUT2D eigenvalue weighted by molar-refractivity contribution is 0.364. The van der Waals surface area contributed by atoms with Gasteiger partial charge in [-0.3, -0.25) is 4.57 Å². The van der Waals surface area contributed by atoms with Crippen molar-refractivity contribution in [1.29, 1.82) is 0 Å². The topological polar surface area (TPSA) is 35.5 Å². The molecule has 0 aliphatic carbocycles. The van der Waals surface area contributed by atoms with Crippen LogP contribution in [0.5, 0.6) is 0 Å². The van der Waals surface area contributed by atoms with E-state index in [4.69, 9.17) is 9.05 Å². The number of hydrogen-bond donors (Lipinski definition) is 0. The van der Waals surface area contributed by atoms with Crippen molar-refractivity contribution in [2.75, 3.05) is 13.2 Å². The van der Waals surface area contributed by atoms with Crippen molar-refractivity contribution in [3.8, 4) is 0 Å². The first kappa shape index (κ1) is 8.88. The van der Waals surface area contributed by atoms with Gasteiger partial charge in [0.15, 0.2) is 0 Å². The van der Waals surface area contributed by atoms with Crippen molar-refractivity contribution >= 4 is 12.9 Å². The molecule has 1 saturated heterocycles. The Hall–Kier alpha value is -0.700. The Kier molecular flexibility index (Phi) is 2.20.